The maximum absolute atomic E-state index is 12.4. The van der Waals surface area contributed by atoms with Gasteiger partial charge in [-0.3, -0.25) is 4.79 Å². The number of piperazine rings is 1. The van der Waals surface area contributed by atoms with Crippen molar-refractivity contribution in [2.24, 2.45) is 0 Å². The average molecular weight is 328 g/mol. The molecule has 3 amide bonds. The first-order valence-electron chi connectivity index (χ1n) is 6.24. The van der Waals surface area contributed by atoms with E-state index in [1.807, 2.05) is 0 Å². The lowest BCUT2D eigenvalue weighted by Crippen LogP contribution is -2.64. The zero-order chi connectivity index (χ0) is 16.0. The molecule has 3 heterocycles. The van der Waals surface area contributed by atoms with Gasteiger partial charge in [0.05, 0.1) is 12.2 Å². The monoisotopic (exact) mass is 327 g/mol. The number of carbonyl (C=O) groups excluding carboxylic acids is 1. The normalized spacial score (nSPS) is 20.5. The highest BCUT2D eigenvalue weighted by Gasteiger charge is 2.46. The van der Waals surface area contributed by atoms with E-state index in [0.29, 0.717) is 10.6 Å². The van der Waals surface area contributed by atoms with Gasteiger partial charge in [-0.2, -0.15) is 4.90 Å². The van der Waals surface area contributed by atoms with E-state index in [-0.39, 0.29) is 30.6 Å². The molecule has 2 N–H and O–H groups in total. The number of aromatic nitrogens is 2. The molecule has 1 unspecified atom stereocenters. The molecule has 1 aromatic rings. The Labute approximate surface area is 128 Å². The van der Waals surface area contributed by atoms with Crippen LogP contribution >= 0.6 is 11.6 Å². The smallest absolute Gasteiger partial charge is 0.420 e. The number of hydrogen-bond donors (Lipinski definition) is 2. The summed E-state index contributed by atoms with van der Waals surface area (Å²) >= 11 is 5.79. The number of hydrogen-bond acceptors (Lipinski definition) is 6. The standard InChI is InChI=1S/C11H10ClN5O5/c12-7-3-5-8(14-13-7)17(11(21)22)9(18)6-4-15(10(19)20)1-2-16(5)6/h3,6H,1-2,4H2,(H,19,20)(H,21,22). The van der Waals surface area contributed by atoms with Gasteiger partial charge in [0.1, 0.15) is 6.04 Å². The zero-order valence-electron chi connectivity index (χ0n) is 11.0. The van der Waals surface area contributed by atoms with E-state index in [2.05, 4.69) is 10.2 Å². The molecule has 0 radical (unpaired) electrons. The highest BCUT2D eigenvalue weighted by atomic mass is 35.5. The molecule has 1 saturated heterocycles. The topological polar surface area (TPSA) is 127 Å². The Kier molecular flexibility index (Phi) is 3.24. The third-order valence-corrected chi connectivity index (χ3v) is 3.78. The number of carboxylic acid groups (broad SMARTS) is 2. The molecule has 0 spiro atoms. The Balaban J connectivity index is 2.08. The van der Waals surface area contributed by atoms with Crippen LogP contribution in [0.15, 0.2) is 6.07 Å². The molecule has 1 aromatic heterocycles. The number of fused-ring (bicyclic) bond motifs is 3. The highest BCUT2D eigenvalue weighted by molar-refractivity contribution is 6.30. The Morgan fingerprint density at radius 3 is 2.59 bits per heavy atom. The van der Waals surface area contributed by atoms with Gasteiger partial charge in [0.25, 0.3) is 5.91 Å². The maximum Gasteiger partial charge on any atom is 0.420 e. The largest absolute Gasteiger partial charge is 0.465 e. The SMILES string of the molecule is O=C(O)N1CCN2c3cc(Cl)nnc3N(C(=O)O)C(=O)C2C1. The van der Waals surface area contributed by atoms with Crippen LogP contribution in [0.2, 0.25) is 5.15 Å². The van der Waals surface area contributed by atoms with Crippen molar-refractivity contribution in [1.82, 2.24) is 15.1 Å². The molecular formula is C11H10ClN5O5. The van der Waals surface area contributed by atoms with E-state index in [1.165, 1.54) is 6.07 Å². The minimum absolute atomic E-state index is 0.0536. The fraction of sp³-hybridized carbons (Fsp3) is 0.364. The lowest BCUT2D eigenvalue weighted by Gasteiger charge is -2.45. The second-order valence-corrected chi connectivity index (χ2v) is 5.16. The fourth-order valence-corrected chi connectivity index (χ4v) is 2.76. The van der Waals surface area contributed by atoms with Crippen molar-refractivity contribution in [3.63, 3.8) is 0 Å². The zero-order valence-corrected chi connectivity index (χ0v) is 11.8. The molecule has 0 aromatic carbocycles. The van der Waals surface area contributed by atoms with E-state index >= 15 is 0 Å². The van der Waals surface area contributed by atoms with Gasteiger partial charge < -0.3 is 20.0 Å². The van der Waals surface area contributed by atoms with Crippen LogP contribution in [-0.2, 0) is 4.79 Å². The molecule has 2 aliphatic rings. The van der Waals surface area contributed by atoms with Gasteiger partial charge in [-0.05, 0) is 0 Å². The van der Waals surface area contributed by atoms with Crippen molar-refractivity contribution in [3.8, 4) is 0 Å². The predicted molar refractivity (Wildman–Crippen MR) is 73.3 cm³/mol. The summed E-state index contributed by atoms with van der Waals surface area (Å²) < 4.78 is 0. The Morgan fingerprint density at radius 1 is 1.23 bits per heavy atom. The van der Waals surface area contributed by atoms with E-state index < -0.39 is 24.1 Å². The van der Waals surface area contributed by atoms with Gasteiger partial charge >= 0.3 is 12.2 Å². The maximum atomic E-state index is 12.4. The summed E-state index contributed by atoms with van der Waals surface area (Å²) in [5.41, 5.74) is 0.344. The van der Waals surface area contributed by atoms with E-state index in [4.69, 9.17) is 16.7 Å². The van der Waals surface area contributed by atoms with Gasteiger partial charge in [-0.15, -0.1) is 10.2 Å². The summed E-state index contributed by atoms with van der Waals surface area (Å²) in [5, 5.41) is 25.6. The van der Waals surface area contributed by atoms with Crippen LogP contribution in [0.25, 0.3) is 0 Å². The van der Waals surface area contributed by atoms with Crippen molar-refractivity contribution in [1.29, 1.82) is 0 Å². The molecule has 0 saturated carbocycles. The minimum Gasteiger partial charge on any atom is -0.465 e. The number of rotatable bonds is 0. The van der Waals surface area contributed by atoms with E-state index in [1.54, 1.807) is 4.90 Å². The molecule has 116 valence electrons. The Morgan fingerprint density at radius 2 is 1.95 bits per heavy atom. The van der Waals surface area contributed by atoms with Crippen molar-refractivity contribution in [2.75, 3.05) is 29.4 Å². The third kappa shape index (κ3) is 2.08. The first-order valence-corrected chi connectivity index (χ1v) is 6.62. The van der Waals surface area contributed by atoms with Crippen LogP contribution in [0.5, 0.6) is 0 Å². The lowest BCUT2D eigenvalue weighted by molar-refractivity contribution is -0.120. The molecule has 1 atom stereocenters. The second-order valence-electron chi connectivity index (χ2n) is 4.77. The van der Waals surface area contributed by atoms with Crippen LogP contribution < -0.4 is 9.80 Å². The molecule has 11 heteroatoms. The van der Waals surface area contributed by atoms with Gasteiger partial charge in [0, 0.05) is 19.2 Å². The predicted octanol–water partition coefficient (Wildman–Crippen LogP) is 0.323. The quantitative estimate of drug-likeness (QED) is 0.697. The third-order valence-electron chi connectivity index (χ3n) is 3.59. The summed E-state index contributed by atoms with van der Waals surface area (Å²) in [6.07, 6.45) is -2.67. The molecule has 2 aliphatic heterocycles. The molecule has 22 heavy (non-hydrogen) atoms. The molecule has 10 nitrogen and oxygen atoms in total. The first-order chi connectivity index (χ1) is 10.4. The van der Waals surface area contributed by atoms with Crippen LogP contribution in [0, 0.1) is 0 Å². The number of anilines is 2. The van der Waals surface area contributed by atoms with Gasteiger partial charge in [-0.25, -0.2) is 9.59 Å². The van der Waals surface area contributed by atoms with Crippen LogP contribution in [0.3, 0.4) is 0 Å². The summed E-state index contributed by atoms with van der Waals surface area (Å²) in [4.78, 5) is 38.0. The second kappa shape index (κ2) is 4.98. The molecule has 1 fully saturated rings. The molecular weight excluding hydrogens is 318 g/mol. The Bertz CT molecular complexity index is 683. The lowest BCUT2D eigenvalue weighted by atomic mass is 10.1. The first kappa shape index (κ1) is 14.3. The average Bonchev–Trinajstić information content (AvgIpc) is 2.47. The minimum atomic E-state index is -1.50. The van der Waals surface area contributed by atoms with Crippen molar-refractivity contribution in [3.05, 3.63) is 11.2 Å². The van der Waals surface area contributed by atoms with Gasteiger partial charge in [0.2, 0.25) is 0 Å². The van der Waals surface area contributed by atoms with Gasteiger partial charge in [-0.1, -0.05) is 11.6 Å². The van der Waals surface area contributed by atoms with Crippen LogP contribution in [0.1, 0.15) is 0 Å². The molecule has 0 aliphatic carbocycles. The molecule has 0 bridgehead atoms. The Hall–Kier alpha value is -2.62. The number of nitrogens with zero attached hydrogens (tertiary/aromatic N) is 5. The number of amides is 3. The van der Waals surface area contributed by atoms with Crippen LogP contribution in [-0.4, -0.2) is 69.1 Å². The highest BCUT2D eigenvalue weighted by Crippen LogP contribution is 2.36. The number of imide groups is 1. The summed E-state index contributed by atoms with van der Waals surface area (Å²) in [5.74, 6) is -0.885. The summed E-state index contributed by atoms with van der Waals surface area (Å²) in [6.45, 7) is 0.286. The number of carbonyl (C=O) groups is 3. The fourth-order valence-electron chi connectivity index (χ4n) is 2.62. The summed E-state index contributed by atoms with van der Waals surface area (Å²) in [7, 11) is 0. The molecule has 3 rings (SSSR count). The van der Waals surface area contributed by atoms with Crippen molar-refractivity contribution >= 4 is 41.2 Å². The number of halogens is 1. The van der Waals surface area contributed by atoms with E-state index in [0.717, 1.165) is 4.90 Å². The van der Waals surface area contributed by atoms with Crippen molar-refractivity contribution in [2.45, 2.75) is 6.04 Å². The van der Waals surface area contributed by atoms with Crippen LogP contribution in [0.4, 0.5) is 21.1 Å². The van der Waals surface area contributed by atoms with Gasteiger partial charge in [0.15, 0.2) is 11.0 Å². The van der Waals surface area contributed by atoms with Crippen molar-refractivity contribution < 1.29 is 24.6 Å². The summed E-state index contributed by atoms with van der Waals surface area (Å²) in [6, 6.07) is 0.476. The van der Waals surface area contributed by atoms with E-state index in [9.17, 15) is 19.5 Å².